The topological polar surface area (TPSA) is 35.5 Å². The van der Waals surface area contributed by atoms with Crippen molar-refractivity contribution < 1.29 is 14.3 Å². The van der Waals surface area contributed by atoms with Crippen LogP contribution in [0, 0.1) is 6.92 Å². The van der Waals surface area contributed by atoms with E-state index in [-0.39, 0.29) is 16.8 Å². The normalized spacial score (nSPS) is 17.2. The molecule has 29 heavy (non-hydrogen) atoms. The third-order valence-corrected chi connectivity index (χ3v) is 7.67. The SMILES string of the molecule is CCOC(=O)/C=C/c1ccc(OC)c(-c2sc3c(c2C)C(C)(C)CCC3(C)C)c1. The number of carbonyl (C=O) groups excluding carboxylic acids is 1. The fourth-order valence-electron chi connectivity index (χ4n) is 4.29. The lowest BCUT2D eigenvalue weighted by atomic mass is 9.66. The van der Waals surface area contributed by atoms with E-state index in [1.807, 2.05) is 30.4 Å². The number of rotatable bonds is 5. The van der Waals surface area contributed by atoms with E-state index in [4.69, 9.17) is 9.47 Å². The Morgan fingerprint density at radius 1 is 1.17 bits per heavy atom. The van der Waals surface area contributed by atoms with Gasteiger partial charge in [0, 0.05) is 21.4 Å². The summed E-state index contributed by atoms with van der Waals surface area (Å²) in [5.41, 5.74) is 5.27. The quantitative estimate of drug-likeness (QED) is 0.407. The maximum absolute atomic E-state index is 11.7. The van der Waals surface area contributed by atoms with E-state index in [0.717, 1.165) is 16.9 Å². The second-order valence-corrected chi connectivity index (χ2v) is 10.1. The van der Waals surface area contributed by atoms with Crippen LogP contribution < -0.4 is 4.74 Å². The van der Waals surface area contributed by atoms with Crippen LogP contribution in [0.25, 0.3) is 16.5 Å². The highest BCUT2D eigenvalue weighted by Gasteiger charge is 2.41. The molecular formula is C25H32O3S. The molecule has 1 aliphatic rings. The standard InChI is InChI=1S/C25H32O3S/c1-8-28-20(26)12-10-17-9-11-19(27-7)18(15-17)22-16(2)21-23(29-22)25(5,6)14-13-24(21,3)4/h9-12,15H,8,13-14H2,1-7H3/b12-10+. The van der Waals surface area contributed by atoms with Crippen molar-refractivity contribution in [3.05, 3.63) is 45.8 Å². The zero-order chi connectivity index (χ0) is 21.4. The smallest absolute Gasteiger partial charge is 0.330 e. The zero-order valence-corrected chi connectivity index (χ0v) is 19.5. The van der Waals surface area contributed by atoms with E-state index >= 15 is 0 Å². The molecule has 2 aromatic rings. The van der Waals surface area contributed by atoms with E-state index in [0.29, 0.717) is 6.61 Å². The molecule has 156 valence electrons. The number of hydrogen-bond acceptors (Lipinski definition) is 4. The second kappa shape index (κ2) is 7.98. The highest BCUT2D eigenvalue weighted by atomic mass is 32.1. The third-order valence-electron chi connectivity index (χ3n) is 5.98. The lowest BCUT2D eigenvalue weighted by Gasteiger charge is -2.39. The Morgan fingerprint density at radius 2 is 1.86 bits per heavy atom. The lowest BCUT2D eigenvalue weighted by Crippen LogP contribution is -2.32. The van der Waals surface area contributed by atoms with Gasteiger partial charge in [0.15, 0.2) is 0 Å². The average molecular weight is 413 g/mol. The molecule has 0 radical (unpaired) electrons. The molecule has 1 heterocycles. The van der Waals surface area contributed by atoms with Crippen molar-refractivity contribution in [2.24, 2.45) is 0 Å². The molecule has 3 nitrogen and oxygen atoms in total. The van der Waals surface area contributed by atoms with Crippen molar-refractivity contribution in [3.63, 3.8) is 0 Å². The van der Waals surface area contributed by atoms with Gasteiger partial charge < -0.3 is 9.47 Å². The van der Waals surface area contributed by atoms with E-state index in [2.05, 4.69) is 40.7 Å². The molecule has 0 saturated carbocycles. The highest BCUT2D eigenvalue weighted by molar-refractivity contribution is 7.16. The Morgan fingerprint density at radius 3 is 2.48 bits per heavy atom. The van der Waals surface area contributed by atoms with Crippen molar-refractivity contribution in [1.82, 2.24) is 0 Å². The summed E-state index contributed by atoms with van der Waals surface area (Å²) in [5.74, 6) is 0.534. The largest absolute Gasteiger partial charge is 0.496 e. The molecule has 0 aliphatic heterocycles. The maximum atomic E-state index is 11.7. The Hall–Kier alpha value is -2.07. The molecule has 0 bridgehead atoms. The van der Waals surface area contributed by atoms with Gasteiger partial charge in [0.1, 0.15) is 5.75 Å². The first-order chi connectivity index (χ1) is 13.6. The summed E-state index contributed by atoms with van der Waals surface area (Å²) in [5, 5.41) is 0. The van der Waals surface area contributed by atoms with E-state index in [1.54, 1.807) is 13.2 Å². The Labute approximate surface area is 178 Å². The van der Waals surface area contributed by atoms with E-state index in [9.17, 15) is 4.79 Å². The van der Waals surface area contributed by atoms with Crippen LogP contribution in [0.2, 0.25) is 0 Å². The van der Waals surface area contributed by atoms with Crippen LogP contribution in [0.4, 0.5) is 0 Å². The minimum absolute atomic E-state index is 0.179. The number of ether oxygens (including phenoxy) is 2. The van der Waals surface area contributed by atoms with Gasteiger partial charge in [-0.05, 0) is 72.4 Å². The van der Waals surface area contributed by atoms with E-state index in [1.165, 1.54) is 39.8 Å². The molecule has 0 N–H and O–H groups in total. The van der Waals surface area contributed by atoms with Crippen LogP contribution in [-0.4, -0.2) is 19.7 Å². The predicted octanol–water partition coefficient (Wildman–Crippen LogP) is 6.66. The second-order valence-electron chi connectivity index (χ2n) is 9.07. The fraction of sp³-hybridized carbons (Fsp3) is 0.480. The monoisotopic (exact) mass is 412 g/mol. The van der Waals surface area contributed by atoms with Crippen LogP contribution in [0.1, 0.15) is 69.0 Å². The van der Waals surface area contributed by atoms with Crippen LogP contribution in [-0.2, 0) is 20.4 Å². The van der Waals surface area contributed by atoms with Gasteiger partial charge in [-0.1, -0.05) is 33.8 Å². The summed E-state index contributed by atoms with van der Waals surface area (Å²) in [6.45, 7) is 13.9. The van der Waals surface area contributed by atoms with Crippen molar-refractivity contribution in [2.45, 2.75) is 65.2 Å². The molecule has 1 aromatic heterocycles. The first-order valence-electron chi connectivity index (χ1n) is 10.3. The van der Waals surface area contributed by atoms with Gasteiger partial charge in [-0.15, -0.1) is 11.3 Å². The summed E-state index contributed by atoms with van der Waals surface area (Å²) >= 11 is 1.90. The first kappa shape index (κ1) is 21.6. The van der Waals surface area contributed by atoms with Gasteiger partial charge in [-0.25, -0.2) is 4.79 Å². The Kier molecular flexibility index (Phi) is 5.96. The summed E-state index contributed by atoms with van der Waals surface area (Å²) < 4.78 is 10.7. The summed E-state index contributed by atoms with van der Waals surface area (Å²) in [4.78, 5) is 14.5. The van der Waals surface area contributed by atoms with Crippen molar-refractivity contribution in [2.75, 3.05) is 13.7 Å². The number of benzene rings is 1. The number of fused-ring (bicyclic) bond motifs is 1. The van der Waals surface area contributed by atoms with Gasteiger partial charge >= 0.3 is 5.97 Å². The minimum atomic E-state index is -0.323. The first-order valence-corrected chi connectivity index (χ1v) is 11.1. The highest BCUT2D eigenvalue weighted by Crippen LogP contribution is 2.54. The number of thiophene rings is 1. The summed E-state index contributed by atoms with van der Waals surface area (Å²) in [6, 6.07) is 6.06. The third kappa shape index (κ3) is 4.13. The summed E-state index contributed by atoms with van der Waals surface area (Å²) in [7, 11) is 1.71. The van der Waals surface area contributed by atoms with Crippen LogP contribution in [0.5, 0.6) is 5.75 Å². The molecule has 0 saturated heterocycles. The number of esters is 1. The molecule has 0 unspecified atom stereocenters. The van der Waals surface area contributed by atoms with Crippen LogP contribution in [0.15, 0.2) is 24.3 Å². The molecule has 4 heteroatoms. The van der Waals surface area contributed by atoms with Crippen molar-refractivity contribution in [1.29, 1.82) is 0 Å². The van der Waals surface area contributed by atoms with Gasteiger partial charge in [-0.3, -0.25) is 0 Å². The van der Waals surface area contributed by atoms with E-state index < -0.39 is 0 Å². The minimum Gasteiger partial charge on any atom is -0.496 e. The maximum Gasteiger partial charge on any atom is 0.330 e. The molecular weight excluding hydrogens is 380 g/mol. The predicted molar refractivity (Wildman–Crippen MR) is 122 cm³/mol. The number of hydrogen-bond donors (Lipinski definition) is 0. The number of carbonyl (C=O) groups is 1. The van der Waals surface area contributed by atoms with Crippen molar-refractivity contribution >= 4 is 23.4 Å². The molecule has 0 amide bonds. The molecule has 0 spiro atoms. The zero-order valence-electron chi connectivity index (χ0n) is 18.6. The van der Waals surface area contributed by atoms with Gasteiger partial charge in [0.25, 0.3) is 0 Å². The van der Waals surface area contributed by atoms with Crippen LogP contribution >= 0.6 is 11.3 Å². The van der Waals surface area contributed by atoms with Gasteiger partial charge in [0.05, 0.1) is 13.7 Å². The average Bonchev–Trinajstić information content (AvgIpc) is 3.03. The molecule has 3 rings (SSSR count). The summed E-state index contributed by atoms with van der Waals surface area (Å²) in [6.07, 6.45) is 5.68. The number of methoxy groups -OCH3 is 1. The Bertz CT molecular complexity index is 947. The van der Waals surface area contributed by atoms with Crippen molar-refractivity contribution in [3.8, 4) is 16.2 Å². The molecule has 0 fully saturated rings. The van der Waals surface area contributed by atoms with Crippen LogP contribution in [0.3, 0.4) is 0 Å². The van der Waals surface area contributed by atoms with Gasteiger partial charge in [-0.2, -0.15) is 0 Å². The lowest BCUT2D eigenvalue weighted by molar-refractivity contribution is -0.137. The molecule has 0 atom stereocenters. The molecule has 1 aromatic carbocycles. The Balaban J connectivity index is 2.12. The molecule has 1 aliphatic carbocycles. The fourth-order valence-corrected chi connectivity index (χ4v) is 5.93. The van der Waals surface area contributed by atoms with Gasteiger partial charge in [0.2, 0.25) is 0 Å².